The monoisotopic (exact) mass is 460 g/mol. The first-order valence-corrected chi connectivity index (χ1v) is 11.9. The summed E-state index contributed by atoms with van der Waals surface area (Å²) in [6.07, 6.45) is 2.90. The molecule has 2 N–H and O–H groups in total. The molecule has 0 spiro atoms. The maximum absolute atomic E-state index is 12.5. The Bertz CT molecular complexity index is 1410. The van der Waals surface area contributed by atoms with Crippen LogP contribution in [0, 0.1) is 0 Å². The molecule has 1 amide bonds. The van der Waals surface area contributed by atoms with Crippen LogP contribution < -0.4 is 10.6 Å². The van der Waals surface area contributed by atoms with Crippen LogP contribution in [0.5, 0.6) is 0 Å². The summed E-state index contributed by atoms with van der Waals surface area (Å²) in [6, 6.07) is 35.0. The Morgan fingerprint density at radius 3 is 2.31 bits per heavy atom. The van der Waals surface area contributed by atoms with Crippen molar-refractivity contribution in [2.75, 3.05) is 13.1 Å². The first-order valence-electron chi connectivity index (χ1n) is 11.9. The van der Waals surface area contributed by atoms with Crippen molar-refractivity contribution in [3.05, 3.63) is 120 Å². The molecule has 5 heteroatoms. The van der Waals surface area contributed by atoms with Crippen LogP contribution in [0.4, 0.5) is 0 Å². The van der Waals surface area contributed by atoms with Gasteiger partial charge in [0.15, 0.2) is 0 Å². The van der Waals surface area contributed by atoms with Crippen molar-refractivity contribution in [3.63, 3.8) is 0 Å². The van der Waals surface area contributed by atoms with Crippen molar-refractivity contribution >= 4 is 16.7 Å². The summed E-state index contributed by atoms with van der Waals surface area (Å²) < 4.78 is 1.88. The van der Waals surface area contributed by atoms with Gasteiger partial charge in [-0.2, -0.15) is 5.10 Å². The summed E-state index contributed by atoms with van der Waals surface area (Å²) in [5.74, 6) is -0.0324. The van der Waals surface area contributed by atoms with Crippen molar-refractivity contribution in [2.45, 2.75) is 13.0 Å². The number of hydrogen-bond donors (Lipinski definition) is 2. The number of para-hydroxylation sites is 1. The zero-order valence-corrected chi connectivity index (χ0v) is 19.5. The fourth-order valence-electron chi connectivity index (χ4n) is 4.17. The highest BCUT2D eigenvalue weighted by Gasteiger charge is 2.14. The van der Waals surface area contributed by atoms with Crippen LogP contribution in [0.25, 0.3) is 27.7 Å². The Labute approximate surface area is 205 Å². The summed E-state index contributed by atoms with van der Waals surface area (Å²) in [5.41, 5.74) is 5.12. The third-order valence-corrected chi connectivity index (χ3v) is 6.03. The fraction of sp³-hybridized carbons (Fsp3) is 0.133. The highest BCUT2D eigenvalue weighted by Crippen LogP contribution is 2.27. The minimum absolute atomic E-state index is 0.0324. The maximum atomic E-state index is 12.5. The number of benzene rings is 4. The van der Waals surface area contributed by atoms with E-state index in [2.05, 4.69) is 53.1 Å². The lowest BCUT2D eigenvalue weighted by Gasteiger charge is -2.08. The first kappa shape index (κ1) is 22.6. The zero-order chi connectivity index (χ0) is 23.9. The van der Waals surface area contributed by atoms with Crippen molar-refractivity contribution in [1.29, 1.82) is 0 Å². The molecule has 1 heterocycles. The fourth-order valence-corrected chi connectivity index (χ4v) is 4.17. The minimum Gasteiger partial charge on any atom is -0.351 e. The molecule has 35 heavy (non-hydrogen) atoms. The van der Waals surface area contributed by atoms with Crippen LogP contribution in [-0.2, 0) is 17.8 Å². The molecule has 0 aliphatic carbocycles. The van der Waals surface area contributed by atoms with Crippen molar-refractivity contribution in [1.82, 2.24) is 20.4 Å². The standard InChI is InChI=1S/C30H28N4O/c35-29(21-31-18-17-23-9-3-1-4-10-23)32-20-27-22-34(28-13-5-2-6-14-28)33-30(27)26-16-15-24-11-7-8-12-25(24)19-26/h1-16,19,22,31H,17-18,20-21H2,(H,32,35). The number of aromatic nitrogens is 2. The highest BCUT2D eigenvalue weighted by molar-refractivity contribution is 5.87. The molecular weight excluding hydrogens is 432 g/mol. The minimum atomic E-state index is -0.0324. The second kappa shape index (κ2) is 10.8. The van der Waals surface area contributed by atoms with Gasteiger partial charge in [-0.25, -0.2) is 4.68 Å². The summed E-state index contributed by atoms with van der Waals surface area (Å²) in [5, 5.41) is 13.5. The predicted molar refractivity (Wildman–Crippen MR) is 141 cm³/mol. The molecule has 1 aromatic heterocycles. The molecule has 0 aliphatic heterocycles. The molecule has 0 unspecified atom stereocenters. The third-order valence-electron chi connectivity index (χ3n) is 6.03. The molecule has 0 atom stereocenters. The van der Waals surface area contributed by atoms with Crippen LogP contribution in [0.3, 0.4) is 0 Å². The molecule has 5 aromatic rings. The van der Waals surface area contributed by atoms with E-state index in [1.54, 1.807) is 0 Å². The molecule has 0 saturated heterocycles. The molecule has 0 fully saturated rings. The van der Waals surface area contributed by atoms with E-state index < -0.39 is 0 Å². The SMILES string of the molecule is O=C(CNCCc1ccccc1)NCc1cn(-c2ccccc2)nc1-c1ccc2ccccc2c1. The van der Waals surface area contributed by atoms with Gasteiger partial charge >= 0.3 is 0 Å². The van der Waals surface area contributed by atoms with Crippen LogP contribution in [0.1, 0.15) is 11.1 Å². The second-order valence-corrected chi connectivity index (χ2v) is 8.53. The molecule has 5 rings (SSSR count). The number of hydrogen-bond acceptors (Lipinski definition) is 3. The summed E-state index contributed by atoms with van der Waals surface area (Å²) in [4.78, 5) is 12.5. The second-order valence-electron chi connectivity index (χ2n) is 8.53. The van der Waals surface area contributed by atoms with Gasteiger partial charge in [0.05, 0.1) is 17.9 Å². The molecule has 0 bridgehead atoms. The molecular formula is C30H28N4O. The number of nitrogens with one attached hydrogen (secondary N) is 2. The number of carbonyl (C=O) groups is 1. The Balaban J connectivity index is 1.29. The Hall–Kier alpha value is -4.22. The molecule has 0 radical (unpaired) electrons. The van der Waals surface area contributed by atoms with Crippen LogP contribution in [0.2, 0.25) is 0 Å². The van der Waals surface area contributed by atoms with E-state index in [1.807, 2.05) is 71.5 Å². The van der Waals surface area contributed by atoms with Gasteiger partial charge in [0.1, 0.15) is 0 Å². The van der Waals surface area contributed by atoms with Crippen LogP contribution in [0.15, 0.2) is 109 Å². The van der Waals surface area contributed by atoms with Crippen LogP contribution in [-0.4, -0.2) is 28.8 Å². The van der Waals surface area contributed by atoms with Gasteiger partial charge in [-0.3, -0.25) is 4.79 Å². The molecule has 5 nitrogen and oxygen atoms in total. The topological polar surface area (TPSA) is 59.0 Å². The number of nitrogens with zero attached hydrogens (tertiary/aromatic N) is 2. The van der Waals surface area contributed by atoms with Gasteiger partial charge in [-0.1, -0.05) is 84.9 Å². The predicted octanol–water partition coefficient (Wildman–Crippen LogP) is 5.14. The quantitative estimate of drug-likeness (QED) is 0.300. The average molecular weight is 461 g/mol. The smallest absolute Gasteiger partial charge is 0.234 e. The number of rotatable bonds is 9. The molecule has 174 valence electrons. The molecule has 0 saturated carbocycles. The normalized spacial score (nSPS) is 11.0. The third kappa shape index (κ3) is 5.65. The van der Waals surface area contributed by atoms with E-state index in [1.165, 1.54) is 10.9 Å². The van der Waals surface area contributed by atoms with Gasteiger partial charge in [0.25, 0.3) is 0 Å². The maximum Gasteiger partial charge on any atom is 0.234 e. The Kier molecular flexibility index (Phi) is 6.97. The summed E-state index contributed by atoms with van der Waals surface area (Å²) >= 11 is 0. The summed E-state index contributed by atoms with van der Waals surface area (Å²) in [7, 11) is 0. The van der Waals surface area contributed by atoms with Crippen molar-refractivity contribution in [2.24, 2.45) is 0 Å². The lowest BCUT2D eigenvalue weighted by atomic mass is 10.0. The molecule has 4 aromatic carbocycles. The summed E-state index contributed by atoms with van der Waals surface area (Å²) in [6.45, 7) is 1.45. The lowest BCUT2D eigenvalue weighted by Crippen LogP contribution is -2.34. The lowest BCUT2D eigenvalue weighted by molar-refractivity contribution is -0.120. The molecule has 0 aliphatic rings. The van der Waals surface area contributed by atoms with E-state index in [9.17, 15) is 4.79 Å². The highest BCUT2D eigenvalue weighted by atomic mass is 16.1. The van der Waals surface area contributed by atoms with E-state index in [4.69, 9.17) is 5.10 Å². The number of carbonyl (C=O) groups excluding carboxylic acids is 1. The number of amides is 1. The van der Waals surface area contributed by atoms with Gasteiger partial charge in [-0.15, -0.1) is 0 Å². The van der Waals surface area contributed by atoms with E-state index in [-0.39, 0.29) is 12.5 Å². The van der Waals surface area contributed by atoms with E-state index in [0.717, 1.165) is 40.9 Å². The van der Waals surface area contributed by atoms with Crippen molar-refractivity contribution < 1.29 is 4.79 Å². The van der Waals surface area contributed by atoms with Gasteiger partial charge < -0.3 is 10.6 Å². The average Bonchev–Trinajstić information content (AvgIpc) is 3.35. The van der Waals surface area contributed by atoms with E-state index >= 15 is 0 Å². The number of fused-ring (bicyclic) bond motifs is 1. The first-order chi connectivity index (χ1) is 17.3. The Morgan fingerprint density at radius 2 is 1.51 bits per heavy atom. The van der Waals surface area contributed by atoms with Crippen LogP contribution >= 0.6 is 0 Å². The Morgan fingerprint density at radius 1 is 0.800 bits per heavy atom. The van der Waals surface area contributed by atoms with E-state index in [0.29, 0.717) is 6.54 Å². The van der Waals surface area contributed by atoms with Crippen molar-refractivity contribution in [3.8, 4) is 16.9 Å². The zero-order valence-electron chi connectivity index (χ0n) is 19.5. The van der Waals surface area contributed by atoms with Gasteiger partial charge in [0, 0.05) is 23.9 Å². The van der Waals surface area contributed by atoms with Gasteiger partial charge in [0.2, 0.25) is 5.91 Å². The largest absolute Gasteiger partial charge is 0.351 e. The van der Waals surface area contributed by atoms with Gasteiger partial charge in [-0.05, 0) is 47.5 Å².